The number of aryl methyl sites for hydroxylation is 1. The van der Waals surface area contributed by atoms with E-state index in [4.69, 9.17) is 16.1 Å². The number of benzene rings is 1. The molecule has 0 aliphatic heterocycles. The average Bonchev–Trinajstić information content (AvgIpc) is 2.88. The van der Waals surface area contributed by atoms with E-state index in [1.165, 1.54) is 0 Å². The van der Waals surface area contributed by atoms with Crippen LogP contribution >= 0.6 is 11.6 Å². The number of carbonyl (C=O) groups excluding carboxylic acids is 1. The smallest absolute Gasteiger partial charge is 0.240 e. The SMILES string of the molecule is CCCc1noc(CN(C)CC(=O)Nc2ccc(Cl)cc2)n1. The van der Waals surface area contributed by atoms with Crippen molar-refractivity contribution < 1.29 is 9.32 Å². The Kier molecular flexibility index (Phi) is 5.91. The van der Waals surface area contributed by atoms with Gasteiger partial charge in [0, 0.05) is 17.1 Å². The molecule has 1 aromatic heterocycles. The van der Waals surface area contributed by atoms with Gasteiger partial charge in [-0.1, -0.05) is 23.7 Å². The first-order valence-corrected chi connectivity index (χ1v) is 7.50. The Labute approximate surface area is 134 Å². The number of rotatable bonds is 7. The summed E-state index contributed by atoms with van der Waals surface area (Å²) in [7, 11) is 1.82. The van der Waals surface area contributed by atoms with E-state index in [1.807, 2.05) is 11.9 Å². The van der Waals surface area contributed by atoms with Crippen LogP contribution in [0, 0.1) is 0 Å². The summed E-state index contributed by atoms with van der Waals surface area (Å²) in [6.45, 7) is 2.72. The monoisotopic (exact) mass is 322 g/mol. The average molecular weight is 323 g/mol. The van der Waals surface area contributed by atoms with Gasteiger partial charge >= 0.3 is 0 Å². The summed E-state index contributed by atoms with van der Waals surface area (Å²) in [6, 6.07) is 6.98. The van der Waals surface area contributed by atoms with E-state index in [1.54, 1.807) is 24.3 Å². The first-order chi connectivity index (χ1) is 10.6. The summed E-state index contributed by atoms with van der Waals surface area (Å²) in [4.78, 5) is 18.0. The molecule has 0 saturated carbocycles. The van der Waals surface area contributed by atoms with Gasteiger partial charge in [-0.05, 0) is 37.7 Å². The number of aromatic nitrogens is 2. The van der Waals surface area contributed by atoms with Gasteiger partial charge in [-0.25, -0.2) is 0 Å². The molecule has 1 heterocycles. The Morgan fingerprint density at radius 1 is 1.36 bits per heavy atom. The Hall–Kier alpha value is -1.92. The van der Waals surface area contributed by atoms with E-state index in [0.29, 0.717) is 29.0 Å². The van der Waals surface area contributed by atoms with Gasteiger partial charge in [-0.15, -0.1) is 0 Å². The second-order valence-electron chi connectivity index (χ2n) is 5.08. The Bertz CT molecular complexity index is 612. The van der Waals surface area contributed by atoms with Gasteiger partial charge in [-0.3, -0.25) is 9.69 Å². The summed E-state index contributed by atoms with van der Waals surface area (Å²) < 4.78 is 5.15. The largest absolute Gasteiger partial charge is 0.338 e. The topological polar surface area (TPSA) is 71.3 Å². The van der Waals surface area contributed by atoms with Crippen LogP contribution < -0.4 is 5.32 Å². The molecule has 6 nitrogen and oxygen atoms in total. The molecule has 118 valence electrons. The first kappa shape index (κ1) is 16.5. The lowest BCUT2D eigenvalue weighted by Gasteiger charge is -2.13. The summed E-state index contributed by atoms with van der Waals surface area (Å²) in [6.07, 6.45) is 1.77. The molecule has 1 N–H and O–H groups in total. The maximum Gasteiger partial charge on any atom is 0.240 e. The molecule has 0 bridgehead atoms. The summed E-state index contributed by atoms with van der Waals surface area (Å²) in [5.74, 6) is 1.11. The predicted molar refractivity (Wildman–Crippen MR) is 84.7 cm³/mol. The fourth-order valence-electron chi connectivity index (χ4n) is 1.95. The van der Waals surface area contributed by atoms with Crippen molar-refractivity contribution >= 4 is 23.2 Å². The van der Waals surface area contributed by atoms with E-state index < -0.39 is 0 Å². The minimum atomic E-state index is -0.113. The Morgan fingerprint density at radius 3 is 2.77 bits per heavy atom. The van der Waals surface area contributed by atoms with Crippen LogP contribution in [-0.4, -0.2) is 34.5 Å². The molecular weight excluding hydrogens is 304 g/mol. The van der Waals surface area contributed by atoms with Crippen LogP contribution in [0.3, 0.4) is 0 Å². The van der Waals surface area contributed by atoms with Crippen LogP contribution in [0.4, 0.5) is 5.69 Å². The summed E-state index contributed by atoms with van der Waals surface area (Å²) in [5.41, 5.74) is 0.714. The zero-order valence-electron chi connectivity index (χ0n) is 12.7. The van der Waals surface area contributed by atoms with Gasteiger partial charge in [0.05, 0.1) is 13.1 Å². The van der Waals surface area contributed by atoms with Crippen molar-refractivity contribution in [3.05, 3.63) is 41.0 Å². The Balaban J connectivity index is 1.81. The van der Waals surface area contributed by atoms with Crippen molar-refractivity contribution in [2.24, 2.45) is 0 Å². The van der Waals surface area contributed by atoms with E-state index in [0.717, 1.165) is 12.8 Å². The molecule has 7 heteroatoms. The molecule has 22 heavy (non-hydrogen) atoms. The minimum Gasteiger partial charge on any atom is -0.338 e. The molecule has 0 unspecified atom stereocenters. The third-order valence-corrected chi connectivity index (χ3v) is 3.18. The molecule has 1 aromatic carbocycles. The van der Waals surface area contributed by atoms with Crippen LogP contribution in [0.5, 0.6) is 0 Å². The second kappa shape index (κ2) is 7.91. The molecule has 0 atom stereocenters. The van der Waals surface area contributed by atoms with Crippen molar-refractivity contribution in [2.45, 2.75) is 26.3 Å². The standard InChI is InChI=1S/C15H19ClN4O2/c1-3-4-13-18-15(22-19-13)10-20(2)9-14(21)17-12-7-5-11(16)6-8-12/h5-8H,3-4,9-10H2,1-2H3,(H,17,21). The van der Waals surface area contributed by atoms with Gasteiger partial charge in [0.25, 0.3) is 0 Å². The van der Waals surface area contributed by atoms with Gasteiger partial charge in [-0.2, -0.15) is 4.98 Å². The minimum absolute atomic E-state index is 0.113. The number of hydrogen-bond donors (Lipinski definition) is 1. The van der Waals surface area contributed by atoms with E-state index in [2.05, 4.69) is 22.4 Å². The lowest BCUT2D eigenvalue weighted by Crippen LogP contribution is -2.29. The highest BCUT2D eigenvalue weighted by Gasteiger charge is 2.12. The maximum atomic E-state index is 12.0. The molecule has 0 spiro atoms. The van der Waals surface area contributed by atoms with Gasteiger partial charge in [0.15, 0.2) is 5.82 Å². The zero-order valence-corrected chi connectivity index (χ0v) is 13.4. The van der Waals surface area contributed by atoms with Crippen molar-refractivity contribution in [1.29, 1.82) is 0 Å². The van der Waals surface area contributed by atoms with E-state index >= 15 is 0 Å². The highest BCUT2D eigenvalue weighted by molar-refractivity contribution is 6.30. The number of hydrogen-bond acceptors (Lipinski definition) is 5. The number of anilines is 1. The number of nitrogens with zero attached hydrogens (tertiary/aromatic N) is 3. The van der Waals surface area contributed by atoms with Crippen LogP contribution in [0.25, 0.3) is 0 Å². The quantitative estimate of drug-likeness (QED) is 0.848. The molecule has 0 radical (unpaired) electrons. The molecular formula is C15H19ClN4O2. The number of nitrogens with one attached hydrogen (secondary N) is 1. The number of amides is 1. The second-order valence-corrected chi connectivity index (χ2v) is 5.52. The fourth-order valence-corrected chi connectivity index (χ4v) is 2.07. The first-order valence-electron chi connectivity index (χ1n) is 7.12. The van der Waals surface area contributed by atoms with Crippen molar-refractivity contribution in [1.82, 2.24) is 15.0 Å². The van der Waals surface area contributed by atoms with Crippen molar-refractivity contribution in [3.8, 4) is 0 Å². The summed E-state index contributed by atoms with van der Waals surface area (Å²) in [5, 5.41) is 7.33. The third kappa shape index (κ3) is 5.13. The van der Waals surface area contributed by atoms with Crippen LogP contribution in [0.1, 0.15) is 25.1 Å². The number of carbonyl (C=O) groups is 1. The van der Waals surface area contributed by atoms with Crippen LogP contribution in [0.2, 0.25) is 5.02 Å². The number of halogens is 1. The van der Waals surface area contributed by atoms with E-state index in [9.17, 15) is 4.79 Å². The van der Waals surface area contributed by atoms with Crippen LogP contribution in [0.15, 0.2) is 28.8 Å². The zero-order chi connectivity index (χ0) is 15.9. The molecule has 0 aliphatic rings. The predicted octanol–water partition coefficient (Wildman–Crippen LogP) is 2.75. The lowest BCUT2D eigenvalue weighted by molar-refractivity contribution is -0.117. The number of likely N-dealkylation sites (N-methyl/N-ethyl adjacent to an activating group) is 1. The maximum absolute atomic E-state index is 12.0. The van der Waals surface area contributed by atoms with E-state index in [-0.39, 0.29) is 12.5 Å². The van der Waals surface area contributed by atoms with Gasteiger partial charge in [0.2, 0.25) is 11.8 Å². The lowest BCUT2D eigenvalue weighted by atomic mass is 10.3. The molecule has 2 rings (SSSR count). The van der Waals surface area contributed by atoms with Crippen molar-refractivity contribution in [2.75, 3.05) is 18.9 Å². The van der Waals surface area contributed by atoms with Gasteiger partial charge < -0.3 is 9.84 Å². The highest BCUT2D eigenvalue weighted by Crippen LogP contribution is 2.13. The van der Waals surface area contributed by atoms with Crippen LogP contribution in [-0.2, 0) is 17.8 Å². The van der Waals surface area contributed by atoms with Crippen molar-refractivity contribution in [3.63, 3.8) is 0 Å². The fraction of sp³-hybridized carbons (Fsp3) is 0.400. The normalized spacial score (nSPS) is 10.9. The molecule has 0 saturated heterocycles. The Morgan fingerprint density at radius 2 is 2.09 bits per heavy atom. The van der Waals surface area contributed by atoms with Gasteiger partial charge in [0.1, 0.15) is 0 Å². The third-order valence-electron chi connectivity index (χ3n) is 2.93. The molecule has 1 amide bonds. The summed E-state index contributed by atoms with van der Waals surface area (Å²) >= 11 is 5.80. The molecule has 2 aromatic rings. The molecule has 0 aliphatic carbocycles. The highest BCUT2D eigenvalue weighted by atomic mass is 35.5. The molecule has 0 fully saturated rings.